The number of hydrogen-bond donors (Lipinski definition) is 2. The second kappa shape index (κ2) is 5.46. The monoisotopic (exact) mass is 304 g/mol. The lowest BCUT2D eigenvalue weighted by Gasteiger charge is -2.04. The van der Waals surface area contributed by atoms with Crippen molar-refractivity contribution >= 4 is 29.3 Å². The summed E-state index contributed by atoms with van der Waals surface area (Å²) < 4.78 is 11.0. The molecule has 0 fully saturated rings. The van der Waals surface area contributed by atoms with Crippen molar-refractivity contribution in [3.8, 4) is 16.9 Å². The highest BCUT2D eigenvalue weighted by molar-refractivity contribution is 6.34. The standard InChI is InChI=1S/C18H13BO4/c20-19(21)23-16-11-5-10-15-14-9-4-8-13(17(14)22-18(15)16)12-6-2-1-3-7-12/h1-11,20-21H. The average molecular weight is 304 g/mol. The Bertz CT molecular complexity index is 976. The summed E-state index contributed by atoms with van der Waals surface area (Å²) in [7, 11) is -1.89. The van der Waals surface area contributed by atoms with E-state index in [-0.39, 0.29) is 0 Å². The first-order valence-electron chi connectivity index (χ1n) is 7.26. The molecule has 4 aromatic rings. The molecule has 4 rings (SSSR count). The van der Waals surface area contributed by atoms with Gasteiger partial charge < -0.3 is 19.1 Å². The molecule has 0 aliphatic rings. The second-order valence-corrected chi connectivity index (χ2v) is 5.23. The molecule has 0 saturated heterocycles. The topological polar surface area (TPSA) is 62.8 Å². The Labute approximate surface area is 132 Å². The van der Waals surface area contributed by atoms with Crippen molar-refractivity contribution in [3.63, 3.8) is 0 Å². The molecule has 0 atom stereocenters. The zero-order chi connectivity index (χ0) is 15.8. The van der Waals surface area contributed by atoms with Crippen LogP contribution < -0.4 is 4.65 Å². The van der Waals surface area contributed by atoms with Crippen LogP contribution in [0, 0.1) is 0 Å². The van der Waals surface area contributed by atoms with Gasteiger partial charge in [0.05, 0.1) is 0 Å². The highest BCUT2D eigenvalue weighted by Gasteiger charge is 2.18. The number of rotatable bonds is 3. The third-order valence-electron chi connectivity index (χ3n) is 3.81. The fraction of sp³-hybridized carbons (Fsp3) is 0. The summed E-state index contributed by atoms with van der Waals surface area (Å²) in [4.78, 5) is 0. The number of benzene rings is 3. The van der Waals surface area contributed by atoms with E-state index in [1.165, 1.54) is 0 Å². The van der Waals surface area contributed by atoms with Crippen molar-refractivity contribution in [2.24, 2.45) is 0 Å². The molecule has 4 nitrogen and oxygen atoms in total. The Morgan fingerprint density at radius 3 is 2.17 bits per heavy atom. The smallest absolute Gasteiger partial charge is 0.509 e. The van der Waals surface area contributed by atoms with Crippen LogP contribution in [0.25, 0.3) is 33.1 Å². The Hall–Kier alpha value is -2.76. The molecule has 112 valence electrons. The minimum absolute atomic E-state index is 0.299. The van der Waals surface area contributed by atoms with E-state index >= 15 is 0 Å². The van der Waals surface area contributed by atoms with Gasteiger partial charge in [-0.15, -0.1) is 0 Å². The number of hydrogen-bond acceptors (Lipinski definition) is 4. The third-order valence-corrected chi connectivity index (χ3v) is 3.81. The minimum atomic E-state index is -1.89. The van der Waals surface area contributed by atoms with Crippen molar-refractivity contribution in [1.82, 2.24) is 0 Å². The van der Waals surface area contributed by atoms with Crippen LogP contribution in [0.5, 0.6) is 5.75 Å². The van der Waals surface area contributed by atoms with Gasteiger partial charge in [-0.25, -0.2) is 0 Å². The molecule has 0 saturated carbocycles. The van der Waals surface area contributed by atoms with Gasteiger partial charge in [0.15, 0.2) is 5.58 Å². The predicted octanol–water partition coefficient (Wildman–Crippen LogP) is 3.60. The molecule has 0 unspecified atom stereocenters. The molecule has 1 aromatic heterocycles. The van der Waals surface area contributed by atoms with E-state index in [9.17, 15) is 0 Å². The lowest BCUT2D eigenvalue weighted by atomic mass is 10.0. The normalized spacial score (nSPS) is 11.0. The summed E-state index contributed by atoms with van der Waals surface area (Å²) in [5, 5.41) is 20.0. The molecule has 3 aromatic carbocycles. The van der Waals surface area contributed by atoms with E-state index in [1.54, 1.807) is 12.1 Å². The Kier molecular flexibility index (Phi) is 3.30. The van der Waals surface area contributed by atoms with Crippen molar-refractivity contribution in [2.45, 2.75) is 0 Å². The molecule has 0 spiro atoms. The van der Waals surface area contributed by atoms with Gasteiger partial charge in [-0.2, -0.15) is 0 Å². The Balaban J connectivity index is 2.02. The maximum atomic E-state index is 9.06. The van der Waals surface area contributed by atoms with Crippen LogP contribution in [0.15, 0.2) is 71.1 Å². The summed E-state index contributed by atoms with van der Waals surface area (Å²) in [5.74, 6) is 0.299. The molecular weight excluding hydrogens is 291 g/mol. The molecule has 0 amide bonds. The summed E-state index contributed by atoms with van der Waals surface area (Å²) in [6.07, 6.45) is 0. The summed E-state index contributed by atoms with van der Waals surface area (Å²) in [6, 6.07) is 21.3. The number of para-hydroxylation sites is 2. The molecule has 0 aliphatic carbocycles. The summed E-state index contributed by atoms with van der Waals surface area (Å²) >= 11 is 0. The van der Waals surface area contributed by atoms with Crippen molar-refractivity contribution in [2.75, 3.05) is 0 Å². The molecule has 23 heavy (non-hydrogen) atoms. The molecule has 5 heteroatoms. The maximum Gasteiger partial charge on any atom is 0.707 e. The van der Waals surface area contributed by atoms with Crippen LogP contribution in [0.2, 0.25) is 0 Å². The van der Waals surface area contributed by atoms with Gasteiger partial charge in [0.1, 0.15) is 11.3 Å². The van der Waals surface area contributed by atoms with Crippen LogP contribution >= 0.6 is 0 Å². The van der Waals surface area contributed by atoms with E-state index in [0.29, 0.717) is 11.3 Å². The molecular formula is C18H13BO4. The van der Waals surface area contributed by atoms with Gasteiger partial charge in [0.2, 0.25) is 0 Å². The lowest BCUT2D eigenvalue weighted by molar-refractivity contribution is 0.288. The number of furan rings is 1. The van der Waals surface area contributed by atoms with Crippen LogP contribution in [0.3, 0.4) is 0 Å². The molecule has 1 heterocycles. The van der Waals surface area contributed by atoms with Gasteiger partial charge in [0, 0.05) is 16.3 Å². The SMILES string of the molecule is OB(O)Oc1cccc2c1oc1c(-c3ccccc3)cccc12. The second-order valence-electron chi connectivity index (χ2n) is 5.23. The average Bonchev–Trinajstić information content (AvgIpc) is 2.95. The third kappa shape index (κ3) is 2.36. The van der Waals surface area contributed by atoms with Gasteiger partial charge in [0.25, 0.3) is 0 Å². The van der Waals surface area contributed by atoms with Crippen LogP contribution in [0.1, 0.15) is 0 Å². The molecule has 2 N–H and O–H groups in total. The van der Waals surface area contributed by atoms with Gasteiger partial charge in [-0.3, -0.25) is 0 Å². The van der Waals surface area contributed by atoms with Crippen molar-refractivity contribution in [1.29, 1.82) is 0 Å². The Morgan fingerprint density at radius 1 is 0.739 bits per heavy atom. The molecule has 0 bridgehead atoms. The summed E-state index contributed by atoms with van der Waals surface area (Å²) in [6.45, 7) is 0. The van der Waals surface area contributed by atoms with Crippen molar-refractivity contribution in [3.05, 3.63) is 66.7 Å². The van der Waals surface area contributed by atoms with E-state index in [1.807, 2.05) is 54.6 Å². The van der Waals surface area contributed by atoms with Crippen LogP contribution in [0.4, 0.5) is 0 Å². The zero-order valence-corrected chi connectivity index (χ0v) is 12.1. The molecule has 0 radical (unpaired) electrons. The van der Waals surface area contributed by atoms with E-state index in [0.717, 1.165) is 27.5 Å². The first kappa shape index (κ1) is 13.9. The maximum absolute atomic E-state index is 9.06. The lowest BCUT2D eigenvalue weighted by Crippen LogP contribution is -2.20. The molecule has 0 aliphatic heterocycles. The Morgan fingerprint density at radius 2 is 1.43 bits per heavy atom. The highest BCUT2D eigenvalue weighted by atomic mass is 16.6. The first-order chi connectivity index (χ1) is 11.2. The van der Waals surface area contributed by atoms with Gasteiger partial charge in [-0.1, -0.05) is 60.7 Å². The number of fused-ring (bicyclic) bond motifs is 3. The minimum Gasteiger partial charge on any atom is -0.509 e. The fourth-order valence-corrected chi connectivity index (χ4v) is 2.85. The highest BCUT2D eigenvalue weighted by Crippen LogP contribution is 2.39. The quantitative estimate of drug-likeness (QED) is 0.568. The fourth-order valence-electron chi connectivity index (χ4n) is 2.85. The van der Waals surface area contributed by atoms with Gasteiger partial charge >= 0.3 is 7.32 Å². The van der Waals surface area contributed by atoms with Crippen molar-refractivity contribution < 1.29 is 19.1 Å². The summed E-state index contributed by atoms with van der Waals surface area (Å²) in [5.41, 5.74) is 3.28. The van der Waals surface area contributed by atoms with Gasteiger partial charge in [-0.05, 0) is 11.6 Å². The van der Waals surface area contributed by atoms with E-state index in [4.69, 9.17) is 19.1 Å². The van der Waals surface area contributed by atoms with Crippen LogP contribution in [-0.2, 0) is 0 Å². The first-order valence-corrected chi connectivity index (χ1v) is 7.26. The zero-order valence-electron chi connectivity index (χ0n) is 12.1. The largest absolute Gasteiger partial charge is 0.707 e. The van der Waals surface area contributed by atoms with Crippen LogP contribution in [-0.4, -0.2) is 17.4 Å². The predicted molar refractivity (Wildman–Crippen MR) is 90.0 cm³/mol. The van der Waals surface area contributed by atoms with E-state index in [2.05, 4.69) is 0 Å². The van der Waals surface area contributed by atoms with E-state index < -0.39 is 7.32 Å².